The number of carbonyl (C=O) groups is 1. The van der Waals surface area contributed by atoms with Crippen LogP contribution in [0.2, 0.25) is 0 Å². The van der Waals surface area contributed by atoms with E-state index in [1.54, 1.807) is 12.1 Å². The van der Waals surface area contributed by atoms with Crippen molar-refractivity contribution in [1.82, 2.24) is 0 Å². The molecule has 1 aromatic carbocycles. The van der Waals surface area contributed by atoms with Crippen LogP contribution in [0.4, 0.5) is 10.5 Å². The maximum atomic E-state index is 11.4. The third-order valence-electron chi connectivity index (χ3n) is 1.83. The smallest absolute Gasteiger partial charge is 0.591 e. The van der Waals surface area contributed by atoms with Crippen LogP contribution in [-0.2, 0) is 4.74 Å². The van der Waals surface area contributed by atoms with Crippen molar-refractivity contribution < 1.29 is 28.4 Å². The fraction of sp³-hybridized carbons (Fsp3) is 0.308. The summed E-state index contributed by atoms with van der Waals surface area (Å²) in [5.41, 5.74) is 1.72. The Hall–Kier alpha value is -1.17. The molecule has 0 aromatic heterocycles. The van der Waals surface area contributed by atoms with E-state index in [0.717, 1.165) is 5.57 Å². The summed E-state index contributed by atoms with van der Waals surface area (Å²) in [6.07, 6.45) is 1.07. The van der Waals surface area contributed by atoms with Gasteiger partial charge in [0.05, 0.1) is 0 Å². The quantitative estimate of drug-likeness (QED) is 0.572. The molecule has 0 aliphatic rings. The topological polar surface area (TPSA) is 40.4 Å². The van der Waals surface area contributed by atoms with Gasteiger partial charge in [-0.2, -0.15) is 0 Å². The average molecular weight is 225 g/mol. The number of hydrogen-bond acceptors (Lipinski definition) is 2. The van der Waals surface area contributed by atoms with Crippen LogP contribution in [0.3, 0.4) is 0 Å². The van der Waals surface area contributed by atoms with Crippen LogP contribution in [0, 0.1) is 0 Å². The van der Waals surface area contributed by atoms with Gasteiger partial charge in [-0.3, -0.25) is 4.79 Å². The Labute approximate surface area is 114 Å². The Morgan fingerprint density at radius 3 is 2.41 bits per heavy atom. The molecule has 4 heteroatoms. The first-order valence-corrected chi connectivity index (χ1v) is 5.20. The summed E-state index contributed by atoms with van der Waals surface area (Å²) in [4.78, 5) is 11.4. The molecule has 0 saturated heterocycles. The molecule has 0 aliphatic carbocycles. The van der Waals surface area contributed by atoms with Crippen molar-refractivity contribution in [3.8, 4) is 0 Å². The normalized spacial score (nSPS) is 10.8. The Balaban J connectivity index is 0.00000256. The van der Waals surface area contributed by atoms with Gasteiger partial charge in [-0.1, -0.05) is 35.9 Å². The fourth-order valence-corrected chi connectivity index (χ4v) is 1.30. The van der Waals surface area contributed by atoms with Crippen LogP contribution < -0.4 is 18.9 Å². The van der Waals surface area contributed by atoms with E-state index in [9.17, 15) is 4.79 Å². The van der Waals surface area contributed by atoms with Crippen molar-refractivity contribution >= 4 is 11.8 Å². The van der Waals surface area contributed by atoms with Crippen LogP contribution in [-0.4, -0.2) is 12.2 Å². The molecule has 0 saturated carbocycles. The third kappa shape index (κ3) is 6.88. The predicted octanol–water partition coefficient (Wildman–Crippen LogP) is 1.19. The number of rotatable bonds is 3. The van der Waals surface area contributed by atoms with Crippen molar-refractivity contribution in [2.75, 3.05) is 0 Å². The Morgan fingerprint density at radius 1 is 1.29 bits per heavy atom. The van der Waals surface area contributed by atoms with E-state index < -0.39 is 6.09 Å². The van der Waals surface area contributed by atoms with E-state index in [4.69, 9.17) is 4.74 Å². The van der Waals surface area contributed by atoms with E-state index in [1.807, 2.05) is 45.0 Å². The van der Waals surface area contributed by atoms with Gasteiger partial charge in [0.25, 0.3) is 0 Å². The zero-order chi connectivity index (χ0) is 12.0. The van der Waals surface area contributed by atoms with E-state index in [2.05, 4.69) is 5.32 Å². The predicted molar refractivity (Wildman–Crippen MR) is 64.8 cm³/mol. The van der Waals surface area contributed by atoms with Crippen molar-refractivity contribution in [2.45, 2.75) is 26.9 Å². The zero-order valence-corrected chi connectivity index (χ0v) is 10.8. The number of allylic oxidation sites excluding steroid dienone is 1. The summed E-state index contributed by atoms with van der Waals surface area (Å²) < 4.78 is 5.08. The molecule has 1 aromatic rings. The van der Waals surface area contributed by atoms with E-state index >= 15 is 0 Å². The fourth-order valence-electron chi connectivity index (χ4n) is 1.30. The molecule has 1 atom stereocenters. The van der Waals surface area contributed by atoms with Gasteiger partial charge in [0, 0.05) is 0 Å². The van der Waals surface area contributed by atoms with Crippen molar-refractivity contribution in [1.29, 1.82) is 0 Å². The minimum Gasteiger partial charge on any atom is -0.591 e. The van der Waals surface area contributed by atoms with Gasteiger partial charge in [0.1, 0.15) is 6.10 Å². The molecule has 0 bridgehead atoms. The number of nitrogens with zero attached hydrogens (tertiary/aromatic N) is 1. The number of hydrogen-bond donors (Lipinski definition) is 0. The minimum absolute atomic E-state index is 0. The SMILES string of the molecule is CC(C)=CC(C)OC(=O)[N-]c1ccccc1.[Li+]. The summed E-state index contributed by atoms with van der Waals surface area (Å²) in [6, 6.07) is 9.03. The van der Waals surface area contributed by atoms with E-state index in [0.29, 0.717) is 5.69 Å². The molecular formula is C13H16LiNO2. The maximum absolute atomic E-state index is 11.4. The van der Waals surface area contributed by atoms with Gasteiger partial charge in [-0.05, 0) is 26.8 Å². The number of amides is 1. The van der Waals surface area contributed by atoms with Gasteiger partial charge in [0.2, 0.25) is 6.09 Å². The van der Waals surface area contributed by atoms with E-state index in [-0.39, 0.29) is 25.0 Å². The number of benzene rings is 1. The molecule has 0 radical (unpaired) electrons. The molecular weight excluding hydrogens is 209 g/mol. The second kappa shape index (κ2) is 8.00. The Bertz CT molecular complexity index is 372. The number of ether oxygens (including phenoxy) is 1. The molecule has 1 unspecified atom stereocenters. The summed E-state index contributed by atoms with van der Waals surface area (Å²) in [6.45, 7) is 5.72. The molecule has 0 N–H and O–H groups in total. The molecule has 0 fully saturated rings. The molecule has 0 spiro atoms. The monoisotopic (exact) mass is 225 g/mol. The Morgan fingerprint density at radius 2 is 1.88 bits per heavy atom. The summed E-state index contributed by atoms with van der Waals surface area (Å²) in [7, 11) is 0. The first-order chi connectivity index (χ1) is 7.58. The van der Waals surface area contributed by atoms with Crippen molar-refractivity contribution in [3.05, 3.63) is 47.3 Å². The summed E-state index contributed by atoms with van der Waals surface area (Å²) >= 11 is 0. The van der Waals surface area contributed by atoms with Crippen LogP contribution in [0.5, 0.6) is 0 Å². The standard InChI is InChI=1S/C13H17NO2.Li/c1-10(2)9-11(3)16-13(15)14-12-7-5-4-6-8-12;/h4-9,11H,1-3H3,(H,14,15);/q;+1/p-1. The molecule has 1 amide bonds. The molecule has 3 nitrogen and oxygen atoms in total. The number of para-hydroxylation sites is 1. The van der Waals surface area contributed by atoms with Crippen molar-refractivity contribution in [3.63, 3.8) is 0 Å². The van der Waals surface area contributed by atoms with Crippen LogP contribution >= 0.6 is 0 Å². The average Bonchev–Trinajstić information content (AvgIpc) is 2.17. The Kier molecular flexibility index (Phi) is 7.45. The van der Waals surface area contributed by atoms with E-state index in [1.165, 1.54) is 0 Å². The third-order valence-corrected chi connectivity index (χ3v) is 1.83. The van der Waals surface area contributed by atoms with Crippen LogP contribution in [0.15, 0.2) is 42.0 Å². The molecule has 1 rings (SSSR count). The number of carbonyl (C=O) groups excluding carboxylic acids is 1. The summed E-state index contributed by atoms with van der Waals surface area (Å²) in [5, 5.41) is 3.82. The largest absolute Gasteiger partial charge is 1.00 e. The first-order valence-electron chi connectivity index (χ1n) is 5.20. The molecule has 17 heavy (non-hydrogen) atoms. The minimum atomic E-state index is -0.559. The van der Waals surface area contributed by atoms with Crippen molar-refractivity contribution in [2.24, 2.45) is 0 Å². The van der Waals surface area contributed by atoms with Crippen LogP contribution in [0.1, 0.15) is 20.8 Å². The maximum Gasteiger partial charge on any atom is 1.00 e. The first kappa shape index (κ1) is 15.8. The second-order valence-corrected chi connectivity index (χ2v) is 3.78. The molecule has 0 aliphatic heterocycles. The van der Waals surface area contributed by atoms with Gasteiger partial charge in [-0.15, -0.1) is 5.69 Å². The van der Waals surface area contributed by atoms with Gasteiger partial charge in [-0.25, -0.2) is 0 Å². The van der Waals surface area contributed by atoms with Gasteiger partial charge < -0.3 is 10.1 Å². The molecule has 0 heterocycles. The second-order valence-electron chi connectivity index (χ2n) is 3.78. The summed E-state index contributed by atoms with van der Waals surface area (Å²) in [5.74, 6) is 0. The molecule has 86 valence electrons. The van der Waals surface area contributed by atoms with Crippen LogP contribution in [0.25, 0.3) is 5.32 Å². The van der Waals surface area contributed by atoms with Gasteiger partial charge >= 0.3 is 18.9 Å². The van der Waals surface area contributed by atoms with Gasteiger partial charge in [0.15, 0.2) is 0 Å². The zero-order valence-electron chi connectivity index (χ0n) is 10.8.